The zero-order valence-corrected chi connectivity index (χ0v) is 16.0. The number of anilines is 2. The maximum absolute atomic E-state index is 12.3. The number of nitrogens with zero attached hydrogens (tertiary/aromatic N) is 1. The van der Waals surface area contributed by atoms with Gasteiger partial charge in [-0.1, -0.05) is 0 Å². The lowest BCUT2D eigenvalue weighted by atomic mass is 10.2. The Morgan fingerprint density at radius 2 is 1.73 bits per heavy atom. The summed E-state index contributed by atoms with van der Waals surface area (Å²) in [6.45, 7) is 2.73. The molecule has 1 atom stereocenters. The van der Waals surface area contributed by atoms with Crippen LogP contribution in [0.4, 0.5) is 29.3 Å². The van der Waals surface area contributed by atoms with Crippen LogP contribution in [0.5, 0.6) is 11.5 Å². The van der Waals surface area contributed by atoms with Crippen LogP contribution < -0.4 is 25.0 Å². The first-order valence-electron chi connectivity index (χ1n) is 9.20. The topological polar surface area (TPSA) is 79.9 Å². The lowest BCUT2D eigenvalue weighted by Gasteiger charge is -2.18. The van der Waals surface area contributed by atoms with Crippen molar-refractivity contribution in [3.8, 4) is 11.5 Å². The van der Waals surface area contributed by atoms with E-state index in [1.54, 1.807) is 29.2 Å². The fourth-order valence-corrected chi connectivity index (χ4v) is 3.04. The van der Waals surface area contributed by atoms with Crippen LogP contribution in [0.3, 0.4) is 0 Å². The van der Waals surface area contributed by atoms with Crippen molar-refractivity contribution in [3.05, 3.63) is 48.5 Å². The number of amides is 3. The average molecular weight is 423 g/mol. The van der Waals surface area contributed by atoms with Crippen molar-refractivity contribution in [2.24, 2.45) is 0 Å². The minimum absolute atomic E-state index is 0.127. The Labute approximate surface area is 170 Å². The van der Waals surface area contributed by atoms with Crippen LogP contribution in [-0.4, -0.2) is 37.5 Å². The molecule has 1 aliphatic rings. The van der Waals surface area contributed by atoms with Gasteiger partial charge in [-0.05, 0) is 55.5 Å². The standard InChI is InChI=1S/C20H20F3N3O4/c1-2-29-16-9-5-15(6-10-16)26-12-14(11-18(26)27)25-19(28)24-13-3-7-17(8-4-13)30-20(21,22)23/h3-10,14H,2,11-12H2,1H3,(H2,24,25,28)/t14-/m0/s1. The van der Waals surface area contributed by atoms with E-state index in [2.05, 4.69) is 15.4 Å². The zero-order valence-electron chi connectivity index (χ0n) is 16.0. The molecule has 3 amide bonds. The van der Waals surface area contributed by atoms with E-state index >= 15 is 0 Å². The second-order valence-electron chi connectivity index (χ2n) is 6.50. The summed E-state index contributed by atoms with van der Waals surface area (Å²) >= 11 is 0. The van der Waals surface area contributed by atoms with E-state index in [0.717, 1.165) is 12.1 Å². The molecule has 1 heterocycles. The maximum atomic E-state index is 12.3. The highest BCUT2D eigenvalue weighted by Crippen LogP contribution is 2.25. The minimum atomic E-state index is -4.78. The molecule has 0 spiro atoms. The number of carbonyl (C=O) groups excluding carboxylic acids is 2. The molecule has 2 aromatic rings. The Balaban J connectivity index is 1.53. The number of carbonyl (C=O) groups is 2. The molecule has 30 heavy (non-hydrogen) atoms. The molecule has 0 aliphatic carbocycles. The number of rotatable bonds is 6. The summed E-state index contributed by atoms with van der Waals surface area (Å²) < 4.78 is 45.7. The monoisotopic (exact) mass is 423 g/mol. The maximum Gasteiger partial charge on any atom is 0.573 e. The van der Waals surface area contributed by atoms with Crippen LogP contribution >= 0.6 is 0 Å². The molecule has 0 radical (unpaired) electrons. The minimum Gasteiger partial charge on any atom is -0.494 e. The first-order chi connectivity index (χ1) is 14.2. The van der Waals surface area contributed by atoms with Crippen LogP contribution in [0, 0.1) is 0 Å². The Morgan fingerprint density at radius 3 is 2.33 bits per heavy atom. The normalized spacial score (nSPS) is 16.3. The lowest BCUT2D eigenvalue weighted by Crippen LogP contribution is -2.39. The molecular weight excluding hydrogens is 403 g/mol. The van der Waals surface area contributed by atoms with Gasteiger partial charge in [0.15, 0.2) is 0 Å². The van der Waals surface area contributed by atoms with E-state index in [1.807, 2.05) is 6.92 Å². The van der Waals surface area contributed by atoms with Gasteiger partial charge in [-0.25, -0.2) is 4.79 Å². The molecule has 160 valence electrons. The van der Waals surface area contributed by atoms with Crippen LogP contribution in [0.25, 0.3) is 0 Å². The highest BCUT2D eigenvalue weighted by Gasteiger charge is 2.32. The van der Waals surface area contributed by atoms with E-state index in [0.29, 0.717) is 24.6 Å². The Bertz CT molecular complexity index is 886. The van der Waals surface area contributed by atoms with Gasteiger partial charge in [-0.3, -0.25) is 4.79 Å². The SMILES string of the molecule is CCOc1ccc(N2C[C@@H](NC(=O)Nc3ccc(OC(F)(F)F)cc3)CC2=O)cc1. The van der Waals surface area contributed by atoms with E-state index < -0.39 is 18.4 Å². The predicted octanol–water partition coefficient (Wildman–Crippen LogP) is 3.91. The zero-order chi connectivity index (χ0) is 21.7. The Hall–Kier alpha value is -3.43. The van der Waals surface area contributed by atoms with Crippen LogP contribution in [0.15, 0.2) is 48.5 Å². The Kier molecular flexibility index (Phi) is 6.34. The fourth-order valence-electron chi connectivity index (χ4n) is 3.04. The molecule has 10 heteroatoms. The number of urea groups is 1. The van der Waals surface area contributed by atoms with Crippen molar-refractivity contribution >= 4 is 23.3 Å². The number of ether oxygens (including phenoxy) is 2. The van der Waals surface area contributed by atoms with Gasteiger partial charge >= 0.3 is 12.4 Å². The van der Waals surface area contributed by atoms with Crippen LogP contribution in [-0.2, 0) is 4.79 Å². The Morgan fingerprint density at radius 1 is 1.10 bits per heavy atom. The van der Waals surface area contributed by atoms with E-state index in [9.17, 15) is 22.8 Å². The van der Waals surface area contributed by atoms with Gasteiger partial charge in [0.2, 0.25) is 5.91 Å². The van der Waals surface area contributed by atoms with Crippen molar-refractivity contribution in [3.63, 3.8) is 0 Å². The third kappa shape index (κ3) is 5.79. The number of hydrogen-bond acceptors (Lipinski definition) is 4. The van der Waals surface area contributed by atoms with Crippen LogP contribution in [0.2, 0.25) is 0 Å². The summed E-state index contributed by atoms with van der Waals surface area (Å²) in [4.78, 5) is 26.0. The molecule has 0 saturated carbocycles. The van der Waals surface area contributed by atoms with Gasteiger partial charge in [0.25, 0.3) is 0 Å². The number of benzene rings is 2. The first kappa shape index (κ1) is 21.3. The van der Waals surface area contributed by atoms with Gasteiger partial charge in [-0.2, -0.15) is 0 Å². The number of halogens is 3. The summed E-state index contributed by atoms with van der Waals surface area (Å²) in [6, 6.07) is 10.9. The smallest absolute Gasteiger partial charge is 0.494 e. The predicted molar refractivity (Wildman–Crippen MR) is 104 cm³/mol. The molecule has 1 saturated heterocycles. The molecule has 0 unspecified atom stereocenters. The van der Waals surface area contributed by atoms with Gasteiger partial charge in [0, 0.05) is 24.3 Å². The van der Waals surface area contributed by atoms with Gasteiger partial charge in [-0.15, -0.1) is 13.2 Å². The number of hydrogen-bond donors (Lipinski definition) is 2. The summed E-state index contributed by atoms with van der Waals surface area (Å²) in [5, 5.41) is 5.21. The quantitative estimate of drug-likeness (QED) is 0.738. The molecule has 1 fully saturated rings. The van der Waals surface area contributed by atoms with Crippen LogP contribution in [0.1, 0.15) is 13.3 Å². The molecule has 2 N–H and O–H groups in total. The molecule has 7 nitrogen and oxygen atoms in total. The number of nitrogens with one attached hydrogen (secondary N) is 2. The molecule has 0 bridgehead atoms. The highest BCUT2D eigenvalue weighted by molar-refractivity contribution is 5.97. The summed E-state index contributed by atoms with van der Waals surface area (Å²) in [5.41, 5.74) is 0.989. The van der Waals surface area contributed by atoms with Gasteiger partial charge < -0.3 is 25.0 Å². The van der Waals surface area contributed by atoms with Crippen molar-refractivity contribution in [1.82, 2.24) is 5.32 Å². The largest absolute Gasteiger partial charge is 0.573 e. The van der Waals surface area contributed by atoms with Crippen molar-refractivity contribution in [2.45, 2.75) is 25.7 Å². The van der Waals surface area contributed by atoms with E-state index in [4.69, 9.17) is 4.74 Å². The second-order valence-corrected chi connectivity index (χ2v) is 6.50. The lowest BCUT2D eigenvalue weighted by molar-refractivity contribution is -0.274. The van der Waals surface area contributed by atoms with E-state index in [1.165, 1.54) is 12.1 Å². The number of alkyl halides is 3. The summed E-state index contributed by atoms with van der Waals surface area (Å²) in [5.74, 6) is 0.188. The highest BCUT2D eigenvalue weighted by atomic mass is 19.4. The van der Waals surface area contributed by atoms with Crippen molar-refractivity contribution in [1.29, 1.82) is 0 Å². The molecular formula is C20H20F3N3O4. The van der Waals surface area contributed by atoms with Crippen molar-refractivity contribution in [2.75, 3.05) is 23.4 Å². The molecule has 0 aromatic heterocycles. The second kappa shape index (κ2) is 8.93. The first-order valence-corrected chi connectivity index (χ1v) is 9.20. The molecule has 1 aliphatic heterocycles. The van der Waals surface area contributed by atoms with Gasteiger partial charge in [0.05, 0.1) is 12.6 Å². The summed E-state index contributed by atoms with van der Waals surface area (Å²) in [7, 11) is 0. The van der Waals surface area contributed by atoms with Crippen molar-refractivity contribution < 1.29 is 32.2 Å². The van der Waals surface area contributed by atoms with E-state index in [-0.39, 0.29) is 23.8 Å². The third-order valence-electron chi connectivity index (χ3n) is 4.27. The molecule has 2 aromatic carbocycles. The molecule has 3 rings (SSSR count). The van der Waals surface area contributed by atoms with Gasteiger partial charge in [0.1, 0.15) is 11.5 Å². The summed E-state index contributed by atoms with van der Waals surface area (Å²) in [6.07, 6.45) is -4.64. The third-order valence-corrected chi connectivity index (χ3v) is 4.27. The fraction of sp³-hybridized carbons (Fsp3) is 0.300. The average Bonchev–Trinajstić information content (AvgIpc) is 3.03.